The molecular weight excluding hydrogens is 258 g/mol. The number of hydrogen-bond acceptors (Lipinski definition) is 1. The van der Waals surface area contributed by atoms with Gasteiger partial charge in [-0.1, -0.05) is 43.7 Å². The van der Waals surface area contributed by atoms with Gasteiger partial charge in [0, 0.05) is 17.3 Å². The molecule has 3 aromatic rings. The summed E-state index contributed by atoms with van der Waals surface area (Å²) < 4.78 is 1.97. The predicted octanol–water partition coefficient (Wildman–Crippen LogP) is 4.68. The summed E-state index contributed by atoms with van der Waals surface area (Å²) >= 11 is 0. The van der Waals surface area contributed by atoms with Crippen LogP contribution >= 0.6 is 0 Å². The lowest BCUT2D eigenvalue weighted by molar-refractivity contribution is 0.111. The van der Waals surface area contributed by atoms with E-state index in [0.717, 1.165) is 41.5 Å². The van der Waals surface area contributed by atoms with Gasteiger partial charge in [0.2, 0.25) is 0 Å². The van der Waals surface area contributed by atoms with Crippen LogP contribution in [-0.2, 0) is 6.42 Å². The van der Waals surface area contributed by atoms with Gasteiger partial charge >= 0.3 is 0 Å². The van der Waals surface area contributed by atoms with E-state index < -0.39 is 0 Å². The van der Waals surface area contributed by atoms with Crippen LogP contribution in [0.15, 0.2) is 48.7 Å². The zero-order valence-electron chi connectivity index (χ0n) is 12.5. The van der Waals surface area contributed by atoms with Gasteiger partial charge in [-0.05, 0) is 42.2 Å². The second-order valence-corrected chi connectivity index (χ2v) is 5.45. The molecular formula is C19H19NO. The third-order valence-electron chi connectivity index (χ3n) is 3.98. The first-order chi connectivity index (χ1) is 10.2. The first-order valence-corrected chi connectivity index (χ1v) is 7.39. The summed E-state index contributed by atoms with van der Waals surface area (Å²) in [5.74, 6) is 0. The minimum absolute atomic E-state index is 0.719. The van der Waals surface area contributed by atoms with Crippen LogP contribution < -0.4 is 0 Å². The molecule has 2 heteroatoms. The minimum Gasteiger partial charge on any atom is -0.313 e. The first kappa shape index (κ1) is 13.6. The predicted molar refractivity (Wildman–Crippen MR) is 87.0 cm³/mol. The summed E-state index contributed by atoms with van der Waals surface area (Å²) in [5, 5.41) is 0. The number of rotatable bonds is 4. The van der Waals surface area contributed by atoms with Crippen LogP contribution in [0, 0.1) is 6.92 Å². The fraction of sp³-hybridized carbons (Fsp3) is 0.211. The molecule has 0 aliphatic rings. The smallest absolute Gasteiger partial charge is 0.167 e. The Balaban J connectivity index is 2.15. The molecule has 0 saturated carbocycles. The van der Waals surface area contributed by atoms with Crippen molar-refractivity contribution in [3.63, 3.8) is 0 Å². The van der Waals surface area contributed by atoms with E-state index in [1.165, 1.54) is 11.1 Å². The van der Waals surface area contributed by atoms with Gasteiger partial charge in [-0.15, -0.1) is 0 Å². The van der Waals surface area contributed by atoms with E-state index in [-0.39, 0.29) is 0 Å². The van der Waals surface area contributed by atoms with Gasteiger partial charge in [0.05, 0.1) is 5.69 Å². The molecule has 3 rings (SSSR count). The van der Waals surface area contributed by atoms with E-state index in [0.29, 0.717) is 0 Å². The van der Waals surface area contributed by atoms with Crippen LogP contribution in [0.25, 0.3) is 16.6 Å². The van der Waals surface area contributed by atoms with Gasteiger partial charge in [0.1, 0.15) is 0 Å². The standard InChI is InChI=1S/C19H19NO/c1-3-5-15-7-9-16(10-8-15)17-12-18-14(2)6-4-11-20(18)19(17)13-21/h4,6-13H,3,5H2,1-2H3. The van der Waals surface area contributed by atoms with Gasteiger partial charge in [-0.25, -0.2) is 0 Å². The molecule has 0 N–H and O–H groups in total. The molecule has 0 aliphatic carbocycles. The van der Waals surface area contributed by atoms with Crippen molar-refractivity contribution in [2.24, 2.45) is 0 Å². The Bertz CT molecular complexity index is 781. The summed E-state index contributed by atoms with van der Waals surface area (Å²) in [6, 6.07) is 14.7. The Morgan fingerprint density at radius 1 is 1.14 bits per heavy atom. The Morgan fingerprint density at radius 3 is 2.57 bits per heavy atom. The monoisotopic (exact) mass is 277 g/mol. The molecule has 0 saturated heterocycles. The number of hydrogen-bond donors (Lipinski definition) is 0. The van der Waals surface area contributed by atoms with Crippen LogP contribution in [0.5, 0.6) is 0 Å². The Labute approximate surface area is 125 Å². The number of pyridine rings is 1. The van der Waals surface area contributed by atoms with E-state index in [4.69, 9.17) is 0 Å². The molecule has 0 unspecified atom stereocenters. The van der Waals surface area contributed by atoms with Crippen molar-refractivity contribution in [2.45, 2.75) is 26.7 Å². The zero-order chi connectivity index (χ0) is 14.8. The van der Waals surface area contributed by atoms with Gasteiger partial charge in [0.15, 0.2) is 6.29 Å². The Kier molecular flexibility index (Phi) is 3.61. The maximum atomic E-state index is 11.5. The molecule has 0 amide bonds. The average Bonchev–Trinajstić information content (AvgIpc) is 2.88. The molecule has 0 atom stereocenters. The van der Waals surface area contributed by atoms with Crippen molar-refractivity contribution in [3.05, 3.63) is 65.5 Å². The molecule has 0 spiro atoms. The van der Waals surface area contributed by atoms with E-state index in [1.54, 1.807) is 0 Å². The summed E-state index contributed by atoms with van der Waals surface area (Å²) in [4.78, 5) is 11.5. The third kappa shape index (κ3) is 2.38. The van der Waals surface area contributed by atoms with Gasteiger partial charge in [-0.3, -0.25) is 4.79 Å². The Morgan fingerprint density at radius 2 is 1.90 bits per heavy atom. The lowest BCUT2D eigenvalue weighted by Gasteiger charge is -2.03. The molecule has 1 aromatic carbocycles. The van der Waals surface area contributed by atoms with Crippen LogP contribution in [0.2, 0.25) is 0 Å². The van der Waals surface area contributed by atoms with Crippen molar-refractivity contribution in [1.29, 1.82) is 0 Å². The van der Waals surface area contributed by atoms with Crippen molar-refractivity contribution >= 4 is 11.8 Å². The quantitative estimate of drug-likeness (QED) is 0.634. The van der Waals surface area contributed by atoms with Crippen molar-refractivity contribution in [1.82, 2.24) is 4.40 Å². The third-order valence-corrected chi connectivity index (χ3v) is 3.98. The van der Waals surface area contributed by atoms with E-state index >= 15 is 0 Å². The van der Waals surface area contributed by atoms with Crippen molar-refractivity contribution in [2.75, 3.05) is 0 Å². The second kappa shape index (κ2) is 5.57. The highest BCUT2D eigenvalue weighted by Gasteiger charge is 2.12. The SMILES string of the molecule is CCCc1ccc(-c2cc3c(C)cccn3c2C=O)cc1. The zero-order valence-corrected chi connectivity index (χ0v) is 12.5. The fourth-order valence-corrected chi connectivity index (χ4v) is 2.85. The second-order valence-electron chi connectivity index (χ2n) is 5.45. The molecule has 2 nitrogen and oxygen atoms in total. The van der Waals surface area contributed by atoms with Crippen molar-refractivity contribution in [3.8, 4) is 11.1 Å². The van der Waals surface area contributed by atoms with Crippen LogP contribution in [-0.4, -0.2) is 10.7 Å². The normalized spacial score (nSPS) is 11.0. The molecule has 0 fully saturated rings. The van der Waals surface area contributed by atoms with Gasteiger partial charge < -0.3 is 4.40 Å². The molecule has 0 radical (unpaired) electrons. The summed E-state index contributed by atoms with van der Waals surface area (Å²) in [6.07, 6.45) is 5.13. The summed E-state index contributed by atoms with van der Waals surface area (Å²) in [6.45, 7) is 4.25. The number of aromatic nitrogens is 1. The van der Waals surface area contributed by atoms with Gasteiger partial charge in [-0.2, -0.15) is 0 Å². The van der Waals surface area contributed by atoms with E-state index in [1.807, 2.05) is 16.7 Å². The molecule has 2 aromatic heterocycles. The average molecular weight is 277 g/mol. The number of fused-ring (bicyclic) bond motifs is 1. The summed E-state index contributed by atoms with van der Waals surface area (Å²) in [7, 11) is 0. The largest absolute Gasteiger partial charge is 0.313 e. The lowest BCUT2D eigenvalue weighted by Crippen LogP contribution is -1.93. The fourth-order valence-electron chi connectivity index (χ4n) is 2.85. The maximum Gasteiger partial charge on any atom is 0.167 e. The number of aryl methyl sites for hydroxylation is 2. The number of aldehydes is 1. The lowest BCUT2D eigenvalue weighted by atomic mass is 10.0. The number of benzene rings is 1. The van der Waals surface area contributed by atoms with Crippen LogP contribution in [0.4, 0.5) is 0 Å². The highest BCUT2D eigenvalue weighted by atomic mass is 16.1. The van der Waals surface area contributed by atoms with Crippen LogP contribution in [0.1, 0.15) is 35.0 Å². The highest BCUT2D eigenvalue weighted by molar-refractivity contribution is 5.90. The molecule has 106 valence electrons. The maximum absolute atomic E-state index is 11.5. The number of carbonyl (C=O) groups excluding carboxylic acids is 1. The van der Waals surface area contributed by atoms with E-state index in [2.05, 4.69) is 50.2 Å². The number of nitrogens with zero attached hydrogens (tertiary/aromatic N) is 1. The number of carbonyl (C=O) groups is 1. The minimum atomic E-state index is 0.719. The van der Waals surface area contributed by atoms with Crippen molar-refractivity contribution < 1.29 is 4.79 Å². The Hall–Kier alpha value is -2.35. The molecule has 2 heterocycles. The van der Waals surface area contributed by atoms with E-state index in [9.17, 15) is 4.79 Å². The van der Waals surface area contributed by atoms with Crippen LogP contribution in [0.3, 0.4) is 0 Å². The first-order valence-electron chi connectivity index (χ1n) is 7.39. The van der Waals surface area contributed by atoms with Gasteiger partial charge in [0.25, 0.3) is 0 Å². The summed E-state index contributed by atoms with van der Waals surface area (Å²) in [5.41, 5.74) is 6.43. The highest BCUT2D eigenvalue weighted by Crippen LogP contribution is 2.28. The molecule has 0 aliphatic heterocycles. The topological polar surface area (TPSA) is 21.5 Å². The molecule has 0 bridgehead atoms. The molecule has 21 heavy (non-hydrogen) atoms.